The molecule has 1 saturated carbocycles. The maximum atomic E-state index is 13.2. The molecule has 2 aliphatic rings. The normalized spacial score (nSPS) is 21.5. The molecule has 0 spiro atoms. The van der Waals surface area contributed by atoms with E-state index in [9.17, 15) is 19.2 Å². The van der Waals surface area contributed by atoms with Crippen molar-refractivity contribution in [1.29, 1.82) is 5.26 Å². The van der Waals surface area contributed by atoms with E-state index in [-0.39, 0.29) is 35.2 Å². The number of halogens is 1. The third kappa shape index (κ3) is 4.66. The summed E-state index contributed by atoms with van der Waals surface area (Å²) in [6.45, 7) is 3.09. The monoisotopic (exact) mass is 440 g/mol. The molecule has 1 saturated heterocycles. The Bertz CT molecular complexity index is 1060. The molecule has 1 aliphatic carbocycles. The number of rotatable bonds is 6. The molecule has 3 N–H and O–H groups in total. The third-order valence-corrected chi connectivity index (χ3v) is 6.09. The number of ether oxygens (including phenoxy) is 1. The van der Waals surface area contributed by atoms with Gasteiger partial charge in [-0.05, 0) is 43.5 Å². The number of likely N-dealkylation sites (tertiary alicyclic amines) is 1. The second-order valence-electron chi connectivity index (χ2n) is 8.77. The number of piperidine rings is 1. The van der Waals surface area contributed by atoms with Gasteiger partial charge in [-0.1, -0.05) is 6.92 Å². The van der Waals surface area contributed by atoms with Gasteiger partial charge in [0.2, 0.25) is 0 Å². The molecular formula is C22H25FN6O3. The van der Waals surface area contributed by atoms with Crippen molar-refractivity contribution < 1.29 is 18.7 Å². The number of nitriles is 1. The lowest BCUT2D eigenvalue weighted by atomic mass is 9.94. The Labute approximate surface area is 184 Å². The molecule has 32 heavy (non-hydrogen) atoms. The van der Waals surface area contributed by atoms with Gasteiger partial charge in [-0.25, -0.2) is 9.18 Å². The number of carbonyl (C=O) groups excluding carboxylic acids is 2. The molecule has 2 amide bonds. The van der Waals surface area contributed by atoms with Crippen molar-refractivity contribution in [2.45, 2.75) is 32.2 Å². The molecule has 1 aliphatic heterocycles. The second kappa shape index (κ2) is 8.49. The Kier molecular flexibility index (Phi) is 5.74. The van der Waals surface area contributed by atoms with Gasteiger partial charge < -0.3 is 20.7 Å². The van der Waals surface area contributed by atoms with Gasteiger partial charge in [0.1, 0.15) is 11.4 Å². The predicted molar refractivity (Wildman–Crippen MR) is 113 cm³/mol. The van der Waals surface area contributed by atoms with E-state index >= 15 is 0 Å². The summed E-state index contributed by atoms with van der Waals surface area (Å²) in [7, 11) is 0. The van der Waals surface area contributed by atoms with E-state index in [1.54, 1.807) is 9.58 Å². The number of hydrogen-bond acceptors (Lipinski definition) is 6. The van der Waals surface area contributed by atoms with E-state index in [2.05, 4.69) is 23.4 Å². The van der Waals surface area contributed by atoms with Gasteiger partial charge in [-0.15, -0.1) is 0 Å². The Morgan fingerprint density at radius 1 is 1.38 bits per heavy atom. The van der Waals surface area contributed by atoms with Crippen LogP contribution in [0.1, 0.15) is 42.6 Å². The largest absolute Gasteiger partial charge is 0.449 e. The minimum absolute atomic E-state index is 0.0940. The first kappa shape index (κ1) is 21.6. The molecule has 2 heterocycles. The van der Waals surface area contributed by atoms with Crippen LogP contribution in [0.15, 0.2) is 30.5 Å². The fraction of sp³-hybridized carbons (Fsp3) is 0.455. The summed E-state index contributed by atoms with van der Waals surface area (Å²) >= 11 is 0. The summed E-state index contributed by atoms with van der Waals surface area (Å²) in [4.78, 5) is 25.9. The van der Waals surface area contributed by atoms with E-state index in [0.29, 0.717) is 25.3 Å². The number of hydrogen-bond donors (Lipinski definition) is 2. The zero-order chi connectivity index (χ0) is 22.9. The SMILES string of the molecule is CC1(COC(=O)N2CC[C@@H](n3cc(C(N)=O)c(Nc4ccc(F)cc4)n3)[C@@H](C#N)C2)CC1. The van der Waals surface area contributed by atoms with Gasteiger partial charge in [0, 0.05) is 30.4 Å². The first-order valence-corrected chi connectivity index (χ1v) is 10.5. The third-order valence-electron chi connectivity index (χ3n) is 6.09. The lowest BCUT2D eigenvalue weighted by molar-refractivity contribution is 0.0656. The summed E-state index contributed by atoms with van der Waals surface area (Å²) < 4.78 is 20.1. The van der Waals surface area contributed by atoms with Crippen molar-refractivity contribution in [1.82, 2.24) is 14.7 Å². The average Bonchev–Trinajstić information content (AvgIpc) is 3.37. The van der Waals surface area contributed by atoms with Crippen molar-refractivity contribution in [2.75, 3.05) is 25.0 Å². The molecule has 4 rings (SSSR count). The van der Waals surface area contributed by atoms with Gasteiger partial charge in [-0.3, -0.25) is 9.48 Å². The van der Waals surface area contributed by atoms with Crippen LogP contribution in [0.5, 0.6) is 0 Å². The highest BCUT2D eigenvalue weighted by Gasteiger charge is 2.40. The molecule has 0 unspecified atom stereocenters. The Hall–Kier alpha value is -3.61. The first-order valence-electron chi connectivity index (χ1n) is 10.5. The first-order chi connectivity index (χ1) is 15.3. The highest BCUT2D eigenvalue weighted by Crippen LogP contribution is 2.45. The quantitative estimate of drug-likeness (QED) is 0.710. The molecule has 0 radical (unpaired) electrons. The van der Waals surface area contributed by atoms with Crippen LogP contribution in [0.25, 0.3) is 0 Å². The summed E-state index contributed by atoms with van der Waals surface area (Å²) in [5, 5.41) is 17.1. The lowest BCUT2D eigenvalue weighted by Gasteiger charge is -2.35. The molecule has 9 nitrogen and oxygen atoms in total. The molecule has 2 fully saturated rings. The highest BCUT2D eigenvalue weighted by atomic mass is 19.1. The average molecular weight is 440 g/mol. The van der Waals surface area contributed by atoms with Crippen LogP contribution in [0.3, 0.4) is 0 Å². The molecule has 168 valence electrons. The van der Waals surface area contributed by atoms with Gasteiger partial charge in [0.25, 0.3) is 5.91 Å². The van der Waals surface area contributed by atoms with Crippen LogP contribution in [0.2, 0.25) is 0 Å². The smallest absolute Gasteiger partial charge is 0.409 e. The topological polar surface area (TPSA) is 126 Å². The van der Waals surface area contributed by atoms with Gasteiger partial charge >= 0.3 is 6.09 Å². The molecule has 10 heteroatoms. The van der Waals surface area contributed by atoms with Crippen molar-refractivity contribution in [2.24, 2.45) is 17.1 Å². The van der Waals surface area contributed by atoms with Crippen LogP contribution >= 0.6 is 0 Å². The minimum atomic E-state index is -0.677. The Balaban J connectivity index is 1.47. The van der Waals surface area contributed by atoms with Crippen molar-refractivity contribution in [3.63, 3.8) is 0 Å². The number of nitrogens with zero attached hydrogens (tertiary/aromatic N) is 4. The van der Waals surface area contributed by atoms with Crippen molar-refractivity contribution in [3.05, 3.63) is 41.8 Å². The zero-order valence-corrected chi connectivity index (χ0v) is 17.8. The number of benzene rings is 1. The van der Waals surface area contributed by atoms with Gasteiger partial charge in [-0.2, -0.15) is 10.4 Å². The lowest BCUT2D eigenvalue weighted by Crippen LogP contribution is -2.44. The van der Waals surface area contributed by atoms with Crippen LogP contribution in [0, 0.1) is 28.5 Å². The minimum Gasteiger partial charge on any atom is -0.449 e. The molecule has 0 bridgehead atoms. The van der Waals surface area contributed by atoms with Crippen molar-refractivity contribution >= 4 is 23.5 Å². The van der Waals surface area contributed by atoms with Crippen LogP contribution in [0.4, 0.5) is 20.7 Å². The summed E-state index contributed by atoms with van der Waals surface area (Å²) in [5.74, 6) is -1.37. The summed E-state index contributed by atoms with van der Waals surface area (Å²) in [6.07, 6.45) is 3.68. The summed E-state index contributed by atoms with van der Waals surface area (Å²) in [5.41, 5.74) is 6.30. The van der Waals surface area contributed by atoms with Crippen LogP contribution < -0.4 is 11.1 Å². The Morgan fingerprint density at radius 3 is 2.72 bits per heavy atom. The maximum absolute atomic E-state index is 13.2. The molecule has 1 aromatic carbocycles. The number of nitrogens with two attached hydrogens (primary N) is 1. The number of anilines is 2. The Morgan fingerprint density at radius 2 is 2.09 bits per heavy atom. The molecule has 2 atom stereocenters. The van der Waals surface area contributed by atoms with E-state index in [1.807, 2.05) is 0 Å². The summed E-state index contributed by atoms with van der Waals surface area (Å²) in [6, 6.07) is 7.51. The fourth-order valence-electron chi connectivity index (χ4n) is 3.74. The van der Waals surface area contributed by atoms with E-state index < -0.39 is 17.9 Å². The number of carbonyl (C=O) groups is 2. The molecular weight excluding hydrogens is 415 g/mol. The van der Waals surface area contributed by atoms with E-state index in [0.717, 1.165) is 12.8 Å². The zero-order valence-electron chi connectivity index (χ0n) is 17.8. The second-order valence-corrected chi connectivity index (χ2v) is 8.77. The van der Waals surface area contributed by atoms with Crippen LogP contribution in [-0.2, 0) is 4.74 Å². The fourth-order valence-corrected chi connectivity index (χ4v) is 3.74. The van der Waals surface area contributed by atoms with Gasteiger partial charge in [0.05, 0.1) is 24.6 Å². The number of aromatic nitrogens is 2. The predicted octanol–water partition coefficient (Wildman–Crippen LogP) is 3.19. The van der Waals surface area contributed by atoms with Crippen LogP contribution in [-0.4, -0.2) is 46.4 Å². The number of amides is 2. The standard InChI is InChI=1S/C22H25FN6O3/c1-22(7-8-22)13-32-21(31)28-9-6-18(14(10-24)11-28)29-12-17(19(25)30)20(27-29)26-16-4-2-15(23)3-5-16/h2-5,12,14,18H,6-9,11,13H2,1H3,(H2,25,30)(H,26,27)/t14-,18+/m0/s1. The van der Waals surface area contributed by atoms with E-state index in [4.69, 9.17) is 10.5 Å². The molecule has 2 aromatic rings. The number of nitrogens with one attached hydrogen (secondary N) is 1. The van der Waals surface area contributed by atoms with E-state index in [1.165, 1.54) is 30.5 Å². The van der Waals surface area contributed by atoms with Crippen molar-refractivity contribution in [3.8, 4) is 6.07 Å². The molecule has 1 aromatic heterocycles. The maximum Gasteiger partial charge on any atom is 0.409 e. The number of primary amides is 1. The van der Waals surface area contributed by atoms with Gasteiger partial charge in [0.15, 0.2) is 5.82 Å². The highest BCUT2D eigenvalue weighted by molar-refractivity contribution is 5.98.